The monoisotopic (exact) mass is 421 g/mol. The zero-order valence-corrected chi connectivity index (χ0v) is 16.9. The quantitative estimate of drug-likeness (QED) is 0.619. The Labute approximate surface area is 165 Å². The van der Waals surface area contributed by atoms with Crippen molar-refractivity contribution < 1.29 is 13.2 Å². The first-order valence-corrected chi connectivity index (χ1v) is 12.3. The fraction of sp³-hybridized carbons (Fsp3) is 0.333. The lowest BCUT2D eigenvalue weighted by molar-refractivity contribution is -0.130. The van der Waals surface area contributed by atoms with E-state index in [0.717, 1.165) is 15.9 Å². The number of nitrogens with one attached hydrogen (secondary N) is 1. The number of nitrogens with zero attached hydrogens (tertiary/aromatic N) is 2. The second kappa shape index (κ2) is 7.65. The molecule has 1 atom stereocenters. The lowest BCUT2D eigenvalue weighted by Gasteiger charge is -2.27. The smallest absolute Gasteiger partial charge is 0.233 e. The van der Waals surface area contributed by atoms with Gasteiger partial charge in [-0.05, 0) is 30.0 Å². The largest absolute Gasteiger partial charge is 0.333 e. The van der Waals surface area contributed by atoms with Gasteiger partial charge >= 0.3 is 0 Å². The van der Waals surface area contributed by atoms with Crippen molar-refractivity contribution in [3.63, 3.8) is 0 Å². The van der Waals surface area contributed by atoms with E-state index in [1.54, 1.807) is 16.2 Å². The highest BCUT2D eigenvalue weighted by Crippen LogP contribution is 2.25. The minimum Gasteiger partial charge on any atom is -0.333 e. The molecule has 0 saturated carbocycles. The Morgan fingerprint density at radius 1 is 1.30 bits per heavy atom. The van der Waals surface area contributed by atoms with Crippen LogP contribution < -0.4 is 0 Å². The van der Waals surface area contributed by atoms with Crippen molar-refractivity contribution in [3.8, 4) is 0 Å². The summed E-state index contributed by atoms with van der Waals surface area (Å²) in [5.41, 5.74) is 1.80. The minimum absolute atomic E-state index is 0.0550. The number of carbonyl (C=O) groups excluding carboxylic acids is 1. The van der Waals surface area contributed by atoms with Crippen LogP contribution in [0.1, 0.15) is 11.3 Å². The Hall–Kier alpha value is -1.84. The first kappa shape index (κ1) is 18.5. The van der Waals surface area contributed by atoms with E-state index in [1.165, 1.54) is 11.8 Å². The lowest BCUT2D eigenvalue weighted by atomic mass is 10.2. The summed E-state index contributed by atoms with van der Waals surface area (Å²) in [4.78, 5) is 23.4. The van der Waals surface area contributed by atoms with E-state index in [2.05, 4.69) is 9.97 Å². The summed E-state index contributed by atoms with van der Waals surface area (Å²) in [7, 11) is -3.05. The number of thiophene rings is 1. The number of fused-ring (bicyclic) bond motifs is 1. The molecule has 0 spiro atoms. The van der Waals surface area contributed by atoms with Crippen LogP contribution in [0.4, 0.5) is 0 Å². The number of hydrogen-bond acceptors (Lipinski definition) is 6. The maximum Gasteiger partial charge on any atom is 0.233 e. The van der Waals surface area contributed by atoms with Gasteiger partial charge in [0.1, 0.15) is 0 Å². The molecule has 142 valence electrons. The molecule has 1 aromatic carbocycles. The van der Waals surface area contributed by atoms with Gasteiger partial charge in [-0.25, -0.2) is 13.4 Å². The highest BCUT2D eigenvalue weighted by Gasteiger charge is 2.34. The predicted octanol–water partition coefficient (Wildman–Crippen LogP) is 2.93. The summed E-state index contributed by atoms with van der Waals surface area (Å²) in [6, 6.07) is 11.4. The Bertz CT molecular complexity index is 1010. The number of aromatic amines is 1. The molecule has 6 nitrogen and oxygen atoms in total. The summed E-state index contributed by atoms with van der Waals surface area (Å²) >= 11 is 2.93. The number of imidazole rings is 1. The van der Waals surface area contributed by atoms with Crippen molar-refractivity contribution in [2.45, 2.75) is 24.2 Å². The molecular weight excluding hydrogens is 402 g/mol. The van der Waals surface area contributed by atoms with Gasteiger partial charge in [-0.2, -0.15) is 0 Å². The van der Waals surface area contributed by atoms with E-state index in [9.17, 15) is 13.2 Å². The van der Waals surface area contributed by atoms with E-state index in [1.807, 2.05) is 41.8 Å². The topological polar surface area (TPSA) is 83.1 Å². The molecule has 0 radical (unpaired) electrons. The average molecular weight is 422 g/mol. The van der Waals surface area contributed by atoms with E-state index >= 15 is 0 Å². The van der Waals surface area contributed by atoms with Gasteiger partial charge in [-0.15, -0.1) is 11.3 Å². The van der Waals surface area contributed by atoms with E-state index < -0.39 is 9.84 Å². The summed E-state index contributed by atoms with van der Waals surface area (Å²) < 4.78 is 23.8. The SMILES string of the molecule is O=C(CSc1nc2ccccc2[nH]1)N(Cc1cccs1)[C@H]1CCS(=O)(=O)C1. The van der Waals surface area contributed by atoms with Crippen LogP contribution in [0.3, 0.4) is 0 Å². The first-order valence-electron chi connectivity index (χ1n) is 8.60. The molecular formula is C18H19N3O3S3. The molecule has 9 heteroatoms. The second-order valence-corrected chi connectivity index (χ2v) is 10.7. The van der Waals surface area contributed by atoms with Crippen LogP contribution >= 0.6 is 23.1 Å². The number of hydrogen-bond donors (Lipinski definition) is 1. The Balaban J connectivity index is 1.47. The number of para-hydroxylation sites is 2. The Morgan fingerprint density at radius 2 is 2.15 bits per heavy atom. The van der Waals surface area contributed by atoms with Crippen LogP contribution in [0.2, 0.25) is 0 Å². The fourth-order valence-corrected chi connectivity index (χ4v) is 6.43. The summed E-state index contributed by atoms with van der Waals surface area (Å²) in [6.07, 6.45) is 0.509. The first-order chi connectivity index (χ1) is 13.0. The van der Waals surface area contributed by atoms with Crippen molar-refractivity contribution in [1.29, 1.82) is 0 Å². The van der Waals surface area contributed by atoms with E-state index in [4.69, 9.17) is 0 Å². The number of aromatic nitrogens is 2. The molecule has 27 heavy (non-hydrogen) atoms. The highest BCUT2D eigenvalue weighted by molar-refractivity contribution is 7.99. The second-order valence-electron chi connectivity index (χ2n) is 6.51. The molecule has 1 fully saturated rings. The summed E-state index contributed by atoms with van der Waals surface area (Å²) in [5, 5.41) is 2.66. The molecule has 1 aliphatic rings. The van der Waals surface area contributed by atoms with Gasteiger partial charge in [-0.1, -0.05) is 30.0 Å². The van der Waals surface area contributed by atoms with Gasteiger partial charge in [0.2, 0.25) is 5.91 Å². The van der Waals surface area contributed by atoms with Crippen molar-refractivity contribution in [2.24, 2.45) is 0 Å². The molecule has 4 rings (SSSR count). The van der Waals surface area contributed by atoms with Gasteiger partial charge in [0.15, 0.2) is 15.0 Å². The standard InChI is InChI=1S/C18H19N3O3S3/c22-17(11-26-18-19-15-5-1-2-6-16(15)20-18)21(10-14-4-3-8-25-14)13-7-9-27(23,24)12-13/h1-6,8,13H,7,9-12H2,(H,19,20)/t13-/m0/s1. The van der Waals surface area contributed by atoms with Gasteiger partial charge in [0.25, 0.3) is 0 Å². The molecule has 0 aliphatic carbocycles. The minimum atomic E-state index is -3.05. The predicted molar refractivity (Wildman–Crippen MR) is 109 cm³/mol. The molecule has 3 aromatic rings. The average Bonchev–Trinajstić information content (AvgIpc) is 3.36. The van der Waals surface area contributed by atoms with E-state index in [-0.39, 0.29) is 29.2 Å². The van der Waals surface area contributed by atoms with Crippen molar-refractivity contribution >= 4 is 49.9 Å². The number of rotatable bonds is 6. The number of carbonyl (C=O) groups is 1. The maximum absolute atomic E-state index is 12.9. The van der Waals surface area contributed by atoms with Crippen LogP contribution in [0, 0.1) is 0 Å². The Kier molecular flexibility index (Phi) is 5.25. The third-order valence-electron chi connectivity index (χ3n) is 4.58. The molecule has 0 unspecified atom stereocenters. The molecule has 1 saturated heterocycles. The molecule has 1 N–H and O–H groups in total. The molecule has 1 aliphatic heterocycles. The zero-order valence-electron chi connectivity index (χ0n) is 14.5. The number of sulfone groups is 1. The summed E-state index contributed by atoms with van der Waals surface area (Å²) in [5.74, 6) is 0.375. The lowest BCUT2D eigenvalue weighted by Crippen LogP contribution is -2.41. The van der Waals surface area contributed by atoms with Crippen molar-refractivity contribution in [3.05, 3.63) is 46.7 Å². The number of H-pyrrole nitrogens is 1. The van der Waals surface area contributed by atoms with E-state index in [0.29, 0.717) is 18.1 Å². The number of amides is 1. The summed E-state index contributed by atoms with van der Waals surface area (Å²) in [6.45, 7) is 0.456. The maximum atomic E-state index is 12.9. The normalized spacial score (nSPS) is 18.7. The fourth-order valence-electron chi connectivity index (χ4n) is 3.22. The van der Waals surface area contributed by atoms with Crippen LogP contribution in [0.15, 0.2) is 46.9 Å². The highest BCUT2D eigenvalue weighted by atomic mass is 32.2. The van der Waals surface area contributed by atoms with Gasteiger partial charge in [-0.3, -0.25) is 4.79 Å². The van der Waals surface area contributed by atoms with Crippen LogP contribution in [-0.2, 0) is 21.2 Å². The molecule has 0 bridgehead atoms. The third kappa shape index (κ3) is 4.36. The Morgan fingerprint density at radius 3 is 2.85 bits per heavy atom. The van der Waals surface area contributed by atoms with Crippen molar-refractivity contribution in [2.75, 3.05) is 17.3 Å². The molecule has 3 heterocycles. The van der Waals surface area contributed by atoms with Crippen LogP contribution in [0.5, 0.6) is 0 Å². The number of benzene rings is 1. The number of thioether (sulfide) groups is 1. The van der Waals surface area contributed by atoms with Gasteiger partial charge in [0.05, 0.1) is 34.8 Å². The van der Waals surface area contributed by atoms with Crippen LogP contribution in [0.25, 0.3) is 11.0 Å². The van der Waals surface area contributed by atoms with Gasteiger partial charge < -0.3 is 9.88 Å². The zero-order chi connectivity index (χ0) is 18.9. The molecule has 1 amide bonds. The third-order valence-corrected chi connectivity index (χ3v) is 8.05. The van der Waals surface area contributed by atoms with Gasteiger partial charge in [0, 0.05) is 10.9 Å². The molecule has 2 aromatic heterocycles. The van der Waals surface area contributed by atoms with Crippen molar-refractivity contribution in [1.82, 2.24) is 14.9 Å². The van der Waals surface area contributed by atoms with Crippen LogP contribution in [-0.4, -0.2) is 52.5 Å².